The second-order valence-electron chi connectivity index (χ2n) is 5.21. The maximum atomic E-state index is 4.12. The predicted molar refractivity (Wildman–Crippen MR) is 65.0 cm³/mol. The van der Waals surface area contributed by atoms with Gasteiger partial charge in [-0.05, 0) is 43.0 Å². The number of hydrogen-bond donors (Lipinski definition) is 1. The molecule has 0 spiro atoms. The van der Waals surface area contributed by atoms with Gasteiger partial charge in [0.1, 0.15) is 0 Å². The van der Waals surface area contributed by atoms with Crippen molar-refractivity contribution >= 4 is 0 Å². The third-order valence-electron chi connectivity index (χ3n) is 2.95. The van der Waals surface area contributed by atoms with Gasteiger partial charge in [0, 0.05) is 18.4 Å². The Bertz CT molecular complexity index is 313. The molecule has 0 amide bonds. The van der Waals surface area contributed by atoms with Crippen LogP contribution in [0.5, 0.6) is 0 Å². The molecule has 84 valence electrons. The number of rotatable bonds is 3. The number of hydrogen-bond acceptors (Lipinski definition) is 2. The molecule has 1 N–H and O–H groups in total. The maximum absolute atomic E-state index is 4.12. The molecule has 0 aliphatic carbocycles. The highest BCUT2D eigenvalue weighted by atomic mass is 14.9. The van der Waals surface area contributed by atoms with E-state index in [0.29, 0.717) is 6.04 Å². The Morgan fingerprint density at radius 2 is 2.07 bits per heavy atom. The Hall–Kier alpha value is -0.890. The fraction of sp³-hybridized carbons (Fsp3) is 0.615. The van der Waals surface area contributed by atoms with Crippen LogP contribution < -0.4 is 5.32 Å². The van der Waals surface area contributed by atoms with Gasteiger partial charge < -0.3 is 5.32 Å². The Balaban J connectivity index is 2.80. The molecule has 0 aromatic carbocycles. The van der Waals surface area contributed by atoms with Gasteiger partial charge >= 0.3 is 0 Å². The lowest BCUT2D eigenvalue weighted by atomic mass is 9.82. The van der Waals surface area contributed by atoms with Gasteiger partial charge in [-0.1, -0.05) is 20.8 Å². The highest BCUT2D eigenvalue weighted by molar-refractivity contribution is 5.22. The highest BCUT2D eigenvalue weighted by Crippen LogP contribution is 2.23. The van der Waals surface area contributed by atoms with E-state index in [2.05, 4.69) is 44.1 Å². The van der Waals surface area contributed by atoms with E-state index in [0.717, 1.165) is 6.42 Å². The van der Waals surface area contributed by atoms with E-state index in [-0.39, 0.29) is 5.41 Å². The Morgan fingerprint density at radius 1 is 1.40 bits per heavy atom. The number of nitrogens with zero attached hydrogens (tertiary/aromatic N) is 1. The van der Waals surface area contributed by atoms with Gasteiger partial charge in [-0.2, -0.15) is 0 Å². The first-order valence-corrected chi connectivity index (χ1v) is 5.52. The molecular formula is C13H22N2. The molecule has 1 aromatic rings. The highest BCUT2D eigenvalue weighted by Gasteiger charge is 2.23. The van der Waals surface area contributed by atoms with Crippen LogP contribution in [-0.4, -0.2) is 18.1 Å². The zero-order valence-electron chi connectivity index (χ0n) is 10.5. The molecule has 0 radical (unpaired) electrons. The molecule has 1 heterocycles. The van der Waals surface area contributed by atoms with Crippen molar-refractivity contribution < 1.29 is 0 Å². The van der Waals surface area contributed by atoms with Crippen molar-refractivity contribution in [2.24, 2.45) is 5.41 Å². The molecular weight excluding hydrogens is 184 g/mol. The normalized spacial score (nSPS) is 13.9. The molecule has 15 heavy (non-hydrogen) atoms. The topological polar surface area (TPSA) is 24.9 Å². The molecule has 0 fully saturated rings. The average Bonchev–Trinajstić information content (AvgIpc) is 2.14. The largest absolute Gasteiger partial charge is 0.316 e. The van der Waals surface area contributed by atoms with Crippen LogP contribution in [0.1, 0.15) is 31.9 Å². The summed E-state index contributed by atoms with van der Waals surface area (Å²) in [5.74, 6) is 0. The van der Waals surface area contributed by atoms with Gasteiger partial charge in [-0.3, -0.25) is 4.98 Å². The van der Waals surface area contributed by atoms with Crippen LogP contribution in [0.4, 0.5) is 0 Å². The van der Waals surface area contributed by atoms with Crippen molar-refractivity contribution in [3.63, 3.8) is 0 Å². The molecule has 1 aromatic heterocycles. The lowest BCUT2D eigenvalue weighted by Gasteiger charge is -2.30. The van der Waals surface area contributed by atoms with Crippen LogP contribution in [0.2, 0.25) is 0 Å². The van der Waals surface area contributed by atoms with Gasteiger partial charge in [0.15, 0.2) is 0 Å². The fourth-order valence-electron chi connectivity index (χ4n) is 1.79. The maximum Gasteiger partial charge on any atom is 0.0299 e. The zero-order chi connectivity index (χ0) is 11.5. The number of aryl methyl sites for hydroxylation is 1. The van der Waals surface area contributed by atoms with E-state index < -0.39 is 0 Å². The SMILES string of the molecule is CNC(Cc1ccncc1C)C(C)(C)C. The van der Waals surface area contributed by atoms with Gasteiger partial charge in [0.25, 0.3) is 0 Å². The second kappa shape index (κ2) is 4.75. The number of likely N-dealkylation sites (N-methyl/N-ethyl adjacent to an activating group) is 1. The van der Waals surface area contributed by atoms with Crippen LogP contribution in [0.3, 0.4) is 0 Å². The van der Waals surface area contributed by atoms with Crippen molar-refractivity contribution in [1.29, 1.82) is 0 Å². The summed E-state index contributed by atoms with van der Waals surface area (Å²) < 4.78 is 0. The Morgan fingerprint density at radius 3 is 2.53 bits per heavy atom. The van der Waals surface area contributed by atoms with Crippen molar-refractivity contribution in [2.75, 3.05) is 7.05 Å². The molecule has 1 unspecified atom stereocenters. The van der Waals surface area contributed by atoms with Crippen LogP contribution >= 0.6 is 0 Å². The molecule has 1 rings (SSSR count). The molecule has 2 nitrogen and oxygen atoms in total. The van der Waals surface area contributed by atoms with Crippen LogP contribution in [0.15, 0.2) is 18.5 Å². The first-order valence-electron chi connectivity index (χ1n) is 5.52. The smallest absolute Gasteiger partial charge is 0.0299 e. The predicted octanol–water partition coefficient (Wildman–Crippen LogP) is 2.57. The molecule has 1 atom stereocenters. The summed E-state index contributed by atoms with van der Waals surface area (Å²) >= 11 is 0. The summed E-state index contributed by atoms with van der Waals surface area (Å²) in [6, 6.07) is 2.62. The summed E-state index contributed by atoms with van der Waals surface area (Å²) in [4.78, 5) is 4.12. The lowest BCUT2D eigenvalue weighted by molar-refractivity contribution is 0.279. The average molecular weight is 206 g/mol. The molecule has 0 saturated heterocycles. The minimum Gasteiger partial charge on any atom is -0.316 e. The number of pyridine rings is 1. The number of nitrogens with one attached hydrogen (secondary N) is 1. The van der Waals surface area contributed by atoms with E-state index in [1.54, 1.807) is 0 Å². The molecule has 0 aliphatic heterocycles. The Kier molecular flexibility index (Phi) is 3.86. The van der Waals surface area contributed by atoms with E-state index in [4.69, 9.17) is 0 Å². The van der Waals surface area contributed by atoms with Crippen LogP contribution in [0, 0.1) is 12.3 Å². The molecule has 2 heteroatoms. The van der Waals surface area contributed by atoms with E-state index in [1.807, 2.05) is 19.4 Å². The van der Waals surface area contributed by atoms with Gasteiger partial charge in [-0.25, -0.2) is 0 Å². The second-order valence-corrected chi connectivity index (χ2v) is 5.21. The summed E-state index contributed by atoms with van der Waals surface area (Å²) in [6.45, 7) is 8.93. The minimum absolute atomic E-state index is 0.282. The fourth-order valence-corrected chi connectivity index (χ4v) is 1.79. The van der Waals surface area contributed by atoms with Crippen molar-refractivity contribution in [3.05, 3.63) is 29.6 Å². The van der Waals surface area contributed by atoms with Crippen LogP contribution in [0.25, 0.3) is 0 Å². The molecule has 0 aliphatic rings. The van der Waals surface area contributed by atoms with E-state index in [1.165, 1.54) is 11.1 Å². The zero-order valence-corrected chi connectivity index (χ0v) is 10.5. The first kappa shape index (κ1) is 12.2. The Labute approximate surface area is 93.1 Å². The van der Waals surface area contributed by atoms with E-state index >= 15 is 0 Å². The van der Waals surface area contributed by atoms with Crippen LogP contribution in [-0.2, 0) is 6.42 Å². The summed E-state index contributed by atoms with van der Waals surface area (Å²) in [6.07, 6.45) is 4.87. The lowest BCUT2D eigenvalue weighted by Crippen LogP contribution is -2.39. The molecule has 0 saturated carbocycles. The standard InChI is InChI=1S/C13H22N2/c1-10-9-15-7-6-11(10)8-12(14-5)13(2,3)4/h6-7,9,12,14H,8H2,1-5H3. The van der Waals surface area contributed by atoms with Crippen molar-refractivity contribution in [3.8, 4) is 0 Å². The van der Waals surface area contributed by atoms with Crippen molar-refractivity contribution in [1.82, 2.24) is 10.3 Å². The summed E-state index contributed by atoms with van der Waals surface area (Å²) in [7, 11) is 2.03. The number of aromatic nitrogens is 1. The molecule has 0 bridgehead atoms. The van der Waals surface area contributed by atoms with Gasteiger partial charge in [-0.15, -0.1) is 0 Å². The summed E-state index contributed by atoms with van der Waals surface area (Å²) in [5.41, 5.74) is 2.95. The first-order chi connectivity index (χ1) is 6.95. The monoisotopic (exact) mass is 206 g/mol. The summed E-state index contributed by atoms with van der Waals surface area (Å²) in [5, 5.41) is 3.40. The third kappa shape index (κ3) is 3.31. The third-order valence-corrected chi connectivity index (χ3v) is 2.95. The minimum atomic E-state index is 0.282. The van der Waals surface area contributed by atoms with Gasteiger partial charge in [0.2, 0.25) is 0 Å². The van der Waals surface area contributed by atoms with Gasteiger partial charge in [0.05, 0.1) is 0 Å². The quantitative estimate of drug-likeness (QED) is 0.822. The van der Waals surface area contributed by atoms with E-state index in [9.17, 15) is 0 Å². The van der Waals surface area contributed by atoms with Crippen molar-refractivity contribution in [2.45, 2.75) is 40.2 Å².